The molecule has 0 atom stereocenters. The molecule has 2 heterocycles. The Bertz CT molecular complexity index is 1230. The quantitative estimate of drug-likeness (QED) is 0.466. The maximum atomic E-state index is 13.2. The lowest BCUT2D eigenvalue weighted by atomic mass is 10.1. The Morgan fingerprint density at radius 1 is 0.968 bits per heavy atom. The number of nitrogens with one attached hydrogen (secondary N) is 2. The van der Waals surface area contributed by atoms with E-state index in [0.29, 0.717) is 22.5 Å². The van der Waals surface area contributed by atoms with E-state index in [1.54, 1.807) is 35.1 Å². The van der Waals surface area contributed by atoms with Crippen molar-refractivity contribution in [1.29, 1.82) is 0 Å². The van der Waals surface area contributed by atoms with Gasteiger partial charge < -0.3 is 10.6 Å². The molecule has 0 radical (unpaired) electrons. The fourth-order valence-corrected chi connectivity index (χ4v) is 4.00. The first-order valence-corrected chi connectivity index (χ1v) is 11.0. The highest BCUT2D eigenvalue weighted by molar-refractivity contribution is 7.13. The monoisotopic (exact) mass is 428 g/mol. The van der Waals surface area contributed by atoms with Crippen LogP contribution in [-0.2, 0) is 0 Å². The molecule has 2 aromatic carbocycles. The Balaban J connectivity index is 1.43. The highest BCUT2D eigenvalue weighted by Gasteiger charge is 2.24. The Labute approximate surface area is 183 Å². The van der Waals surface area contributed by atoms with Crippen LogP contribution in [0.1, 0.15) is 33.6 Å². The third kappa shape index (κ3) is 4.27. The summed E-state index contributed by atoms with van der Waals surface area (Å²) in [5.74, 6) is -0.389. The van der Waals surface area contributed by atoms with Gasteiger partial charge in [0.15, 0.2) is 0 Å². The third-order valence-electron chi connectivity index (χ3n) is 5.03. The normalized spacial score (nSPS) is 13.0. The number of thiophene rings is 1. The zero-order chi connectivity index (χ0) is 21.2. The Hall–Kier alpha value is -3.71. The van der Waals surface area contributed by atoms with Gasteiger partial charge in [0.05, 0.1) is 16.1 Å². The standard InChI is InChI=1S/C24H20N4O2S/c29-23(25-17-11-12-17)16-6-4-7-18(14-16)26-24(30)20-15-28(19-8-2-1-3-9-19)27-22(20)21-10-5-13-31-21/h1-10,13-15,17H,11-12H2,(H,25,29)(H,26,30). The summed E-state index contributed by atoms with van der Waals surface area (Å²) in [6.45, 7) is 0. The number of hydrogen-bond donors (Lipinski definition) is 2. The lowest BCUT2D eigenvalue weighted by molar-refractivity contribution is 0.0949. The van der Waals surface area contributed by atoms with E-state index in [9.17, 15) is 9.59 Å². The second-order valence-corrected chi connectivity index (χ2v) is 8.38. The van der Waals surface area contributed by atoms with E-state index in [1.807, 2.05) is 47.8 Å². The molecule has 7 heteroatoms. The van der Waals surface area contributed by atoms with Crippen LogP contribution < -0.4 is 10.6 Å². The molecule has 4 aromatic rings. The molecular weight excluding hydrogens is 408 g/mol. The van der Waals surface area contributed by atoms with Crippen molar-refractivity contribution >= 4 is 28.8 Å². The molecule has 1 fully saturated rings. The first-order valence-electron chi connectivity index (χ1n) is 10.1. The molecule has 0 saturated heterocycles. The first kappa shape index (κ1) is 19.3. The van der Waals surface area contributed by atoms with Crippen LogP contribution in [0.5, 0.6) is 0 Å². The molecule has 0 aliphatic heterocycles. The minimum absolute atomic E-state index is 0.116. The summed E-state index contributed by atoms with van der Waals surface area (Å²) in [5.41, 5.74) is 3.07. The summed E-state index contributed by atoms with van der Waals surface area (Å²) in [4.78, 5) is 26.4. The van der Waals surface area contributed by atoms with Crippen LogP contribution in [0.4, 0.5) is 5.69 Å². The van der Waals surface area contributed by atoms with Gasteiger partial charge in [0.2, 0.25) is 0 Å². The smallest absolute Gasteiger partial charge is 0.259 e. The van der Waals surface area contributed by atoms with Gasteiger partial charge in [-0.05, 0) is 54.6 Å². The number of carbonyl (C=O) groups is 2. The molecule has 6 nitrogen and oxygen atoms in total. The van der Waals surface area contributed by atoms with E-state index in [0.717, 1.165) is 23.4 Å². The lowest BCUT2D eigenvalue weighted by Gasteiger charge is -2.08. The van der Waals surface area contributed by atoms with Crippen molar-refractivity contribution in [1.82, 2.24) is 15.1 Å². The maximum Gasteiger partial charge on any atom is 0.259 e. The van der Waals surface area contributed by atoms with E-state index >= 15 is 0 Å². The highest BCUT2D eigenvalue weighted by atomic mass is 32.1. The SMILES string of the molecule is O=C(NC1CC1)c1cccc(NC(=O)c2cn(-c3ccccc3)nc2-c2cccs2)c1. The zero-order valence-electron chi connectivity index (χ0n) is 16.6. The van der Waals surface area contributed by atoms with Gasteiger partial charge in [0.1, 0.15) is 5.69 Å². The molecule has 1 saturated carbocycles. The van der Waals surface area contributed by atoms with E-state index in [1.165, 1.54) is 11.3 Å². The number of rotatable bonds is 6. The van der Waals surface area contributed by atoms with Gasteiger partial charge in [-0.15, -0.1) is 11.3 Å². The van der Waals surface area contributed by atoms with Crippen molar-refractivity contribution in [3.05, 3.63) is 89.4 Å². The van der Waals surface area contributed by atoms with Crippen LogP contribution in [0.25, 0.3) is 16.3 Å². The number of anilines is 1. The number of aromatic nitrogens is 2. The first-order chi connectivity index (χ1) is 15.2. The minimum atomic E-state index is -0.273. The van der Waals surface area contributed by atoms with E-state index in [4.69, 9.17) is 0 Å². The van der Waals surface area contributed by atoms with Crippen molar-refractivity contribution in [2.45, 2.75) is 18.9 Å². The second kappa shape index (κ2) is 8.20. The van der Waals surface area contributed by atoms with Gasteiger partial charge in [-0.25, -0.2) is 4.68 Å². The summed E-state index contributed by atoms with van der Waals surface area (Å²) >= 11 is 1.53. The number of nitrogens with zero attached hydrogens (tertiary/aromatic N) is 2. The van der Waals surface area contributed by atoms with Crippen molar-refractivity contribution in [2.24, 2.45) is 0 Å². The molecule has 2 aromatic heterocycles. The molecule has 1 aliphatic rings. The zero-order valence-corrected chi connectivity index (χ0v) is 17.4. The van der Waals surface area contributed by atoms with Crippen molar-refractivity contribution in [3.63, 3.8) is 0 Å². The van der Waals surface area contributed by atoms with Crippen LogP contribution in [-0.4, -0.2) is 27.6 Å². The average molecular weight is 429 g/mol. The second-order valence-electron chi connectivity index (χ2n) is 7.43. The largest absolute Gasteiger partial charge is 0.349 e. The van der Waals surface area contributed by atoms with Gasteiger partial charge in [-0.1, -0.05) is 30.3 Å². The van der Waals surface area contributed by atoms with Gasteiger partial charge in [0.25, 0.3) is 11.8 Å². The predicted molar refractivity (Wildman–Crippen MR) is 122 cm³/mol. The summed E-state index contributed by atoms with van der Waals surface area (Å²) in [6, 6.07) is 20.8. The van der Waals surface area contributed by atoms with Gasteiger partial charge in [-0.3, -0.25) is 9.59 Å². The summed E-state index contributed by atoms with van der Waals surface area (Å²) in [6.07, 6.45) is 3.79. The van der Waals surface area contributed by atoms with Crippen molar-refractivity contribution in [3.8, 4) is 16.3 Å². The number of hydrogen-bond acceptors (Lipinski definition) is 4. The molecule has 2 N–H and O–H groups in total. The van der Waals surface area contributed by atoms with Crippen LogP contribution in [0.3, 0.4) is 0 Å². The molecule has 0 bridgehead atoms. The molecule has 31 heavy (non-hydrogen) atoms. The number of amides is 2. The van der Waals surface area contributed by atoms with E-state index in [2.05, 4.69) is 15.7 Å². The predicted octanol–water partition coefficient (Wildman–Crippen LogP) is 4.75. The Morgan fingerprint density at radius 3 is 2.55 bits per heavy atom. The lowest BCUT2D eigenvalue weighted by Crippen LogP contribution is -2.25. The molecule has 0 unspecified atom stereocenters. The summed E-state index contributed by atoms with van der Waals surface area (Å²) in [5, 5.41) is 12.5. The Kier molecular flexibility index (Phi) is 5.09. The van der Waals surface area contributed by atoms with Crippen LogP contribution >= 0.6 is 11.3 Å². The summed E-state index contributed by atoms with van der Waals surface area (Å²) < 4.78 is 1.71. The van der Waals surface area contributed by atoms with E-state index < -0.39 is 0 Å². The fourth-order valence-electron chi connectivity index (χ4n) is 3.28. The highest BCUT2D eigenvalue weighted by Crippen LogP contribution is 2.28. The van der Waals surface area contributed by atoms with Crippen molar-refractivity contribution in [2.75, 3.05) is 5.32 Å². The minimum Gasteiger partial charge on any atom is -0.349 e. The van der Waals surface area contributed by atoms with Crippen molar-refractivity contribution < 1.29 is 9.59 Å². The fraction of sp³-hybridized carbons (Fsp3) is 0.125. The van der Waals surface area contributed by atoms with Crippen LogP contribution in [0.15, 0.2) is 78.3 Å². The molecule has 5 rings (SSSR count). The third-order valence-corrected chi connectivity index (χ3v) is 5.91. The van der Waals surface area contributed by atoms with E-state index in [-0.39, 0.29) is 17.9 Å². The molecule has 154 valence electrons. The molecule has 2 amide bonds. The topological polar surface area (TPSA) is 76.0 Å². The maximum absolute atomic E-state index is 13.2. The molecular formula is C24H20N4O2S. The summed E-state index contributed by atoms with van der Waals surface area (Å²) in [7, 11) is 0. The molecule has 0 spiro atoms. The average Bonchev–Trinajstić information content (AvgIpc) is 3.27. The van der Waals surface area contributed by atoms with Crippen LogP contribution in [0.2, 0.25) is 0 Å². The van der Waals surface area contributed by atoms with Crippen LogP contribution in [0, 0.1) is 0 Å². The number of para-hydroxylation sites is 1. The van der Waals surface area contributed by atoms with Gasteiger partial charge in [0, 0.05) is 23.5 Å². The van der Waals surface area contributed by atoms with Gasteiger partial charge >= 0.3 is 0 Å². The number of benzene rings is 2. The number of carbonyl (C=O) groups excluding carboxylic acids is 2. The molecule has 1 aliphatic carbocycles. The Morgan fingerprint density at radius 2 is 1.81 bits per heavy atom. The van der Waals surface area contributed by atoms with Gasteiger partial charge in [-0.2, -0.15) is 5.10 Å².